The fraction of sp³-hybridized carbons (Fsp3) is 0.385. The molecule has 1 aromatic heterocycles. The lowest BCUT2D eigenvalue weighted by Gasteiger charge is -2.11. The molecule has 4 heteroatoms. The highest BCUT2D eigenvalue weighted by molar-refractivity contribution is 7.05. The van der Waals surface area contributed by atoms with E-state index in [1.54, 1.807) is 0 Å². The van der Waals surface area contributed by atoms with Crippen molar-refractivity contribution in [2.45, 2.75) is 33.3 Å². The molecular weight excluding hydrogens is 232 g/mol. The minimum Gasteiger partial charge on any atom is -0.383 e. The summed E-state index contributed by atoms with van der Waals surface area (Å²) in [5.74, 6) is 0. The first-order valence-electron chi connectivity index (χ1n) is 5.69. The number of rotatable bonds is 3. The van der Waals surface area contributed by atoms with Crippen molar-refractivity contribution in [3.63, 3.8) is 0 Å². The van der Waals surface area contributed by atoms with Crippen LogP contribution in [-0.4, -0.2) is 14.7 Å². The average molecular weight is 248 g/mol. The van der Waals surface area contributed by atoms with E-state index in [2.05, 4.69) is 15.7 Å². The monoisotopic (exact) mass is 248 g/mol. The molecule has 3 nitrogen and oxygen atoms in total. The zero-order valence-electron chi connectivity index (χ0n) is 10.3. The lowest BCUT2D eigenvalue weighted by atomic mass is 10.0. The van der Waals surface area contributed by atoms with Gasteiger partial charge in [0.05, 0.1) is 10.6 Å². The maximum atomic E-state index is 10.4. The summed E-state index contributed by atoms with van der Waals surface area (Å²) in [7, 11) is 0. The summed E-state index contributed by atoms with van der Waals surface area (Å²) in [6.45, 7) is 6.10. The van der Waals surface area contributed by atoms with Gasteiger partial charge >= 0.3 is 0 Å². The Balaban J connectivity index is 2.39. The highest BCUT2D eigenvalue weighted by Gasteiger charge is 2.18. The van der Waals surface area contributed by atoms with Crippen LogP contribution in [0, 0.1) is 13.8 Å². The predicted molar refractivity (Wildman–Crippen MR) is 69.3 cm³/mol. The van der Waals surface area contributed by atoms with E-state index in [4.69, 9.17) is 0 Å². The molecular formula is C13H16N2OS. The molecule has 0 aliphatic carbocycles. The summed E-state index contributed by atoms with van der Waals surface area (Å²) in [5.41, 5.74) is 4.13. The van der Waals surface area contributed by atoms with Crippen molar-refractivity contribution >= 4 is 11.5 Å². The van der Waals surface area contributed by atoms with E-state index >= 15 is 0 Å². The molecule has 2 rings (SSSR count). The topological polar surface area (TPSA) is 46.0 Å². The number of aliphatic hydroxyl groups excluding tert-OH is 1. The lowest BCUT2D eigenvalue weighted by Crippen LogP contribution is -2.01. The Morgan fingerprint density at radius 2 is 1.88 bits per heavy atom. The lowest BCUT2D eigenvalue weighted by molar-refractivity contribution is 0.222. The van der Waals surface area contributed by atoms with Crippen LogP contribution in [0.4, 0.5) is 0 Å². The molecule has 1 unspecified atom stereocenters. The number of hydrogen-bond acceptors (Lipinski definition) is 4. The molecule has 0 amide bonds. The maximum absolute atomic E-state index is 10.4. The van der Waals surface area contributed by atoms with E-state index < -0.39 is 6.10 Å². The summed E-state index contributed by atoms with van der Waals surface area (Å²) in [6.07, 6.45) is 0.191. The first-order chi connectivity index (χ1) is 8.11. The van der Waals surface area contributed by atoms with Gasteiger partial charge < -0.3 is 5.11 Å². The second kappa shape index (κ2) is 4.94. The number of aryl methyl sites for hydroxylation is 3. The molecule has 0 saturated carbocycles. The van der Waals surface area contributed by atoms with Crippen LogP contribution in [0.2, 0.25) is 0 Å². The predicted octanol–water partition coefficient (Wildman–Crippen LogP) is 2.80. The van der Waals surface area contributed by atoms with E-state index in [9.17, 15) is 5.11 Å². The first-order valence-corrected chi connectivity index (χ1v) is 6.46. The largest absolute Gasteiger partial charge is 0.383 e. The van der Waals surface area contributed by atoms with E-state index in [0.29, 0.717) is 0 Å². The van der Waals surface area contributed by atoms with Crippen molar-refractivity contribution in [2.75, 3.05) is 0 Å². The molecule has 2 aromatic rings. The van der Waals surface area contributed by atoms with Crippen LogP contribution in [0.5, 0.6) is 0 Å². The van der Waals surface area contributed by atoms with E-state index in [-0.39, 0.29) is 0 Å². The van der Waals surface area contributed by atoms with Gasteiger partial charge in [-0.1, -0.05) is 40.7 Å². The van der Waals surface area contributed by atoms with Crippen molar-refractivity contribution in [1.29, 1.82) is 0 Å². The molecule has 0 bridgehead atoms. The zero-order valence-corrected chi connectivity index (χ0v) is 11.1. The summed E-state index contributed by atoms with van der Waals surface area (Å²) < 4.78 is 3.92. The molecule has 0 aliphatic heterocycles. The van der Waals surface area contributed by atoms with Gasteiger partial charge in [-0.05, 0) is 37.4 Å². The quantitative estimate of drug-likeness (QED) is 0.908. The summed E-state index contributed by atoms with van der Waals surface area (Å²) in [5, 5.41) is 14.4. The number of nitrogens with zero attached hydrogens (tertiary/aromatic N) is 2. The second-order valence-corrected chi connectivity index (χ2v) is 5.05. The van der Waals surface area contributed by atoms with Crippen molar-refractivity contribution in [2.24, 2.45) is 0 Å². The Kier molecular flexibility index (Phi) is 3.54. The first kappa shape index (κ1) is 12.2. The highest BCUT2D eigenvalue weighted by Crippen LogP contribution is 2.28. The van der Waals surface area contributed by atoms with Gasteiger partial charge in [0, 0.05) is 0 Å². The molecule has 0 aliphatic rings. The van der Waals surface area contributed by atoms with Crippen molar-refractivity contribution in [3.05, 3.63) is 45.5 Å². The SMILES string of the molecule is CCc1nnsc1C(O)c1cc(C)cc(C)c1. The Hall–Kier alpha value is -1.26. The van der Waals surface area contributed by atoms with Crippen molar-refractivity contribution in [3.8, 4) is 0 Å². The van der Waals surface area contributed by atoms with Crippen LogP contribution < -0.4 is 0 Å². The maximum Gasteiger partial charge on any atom is 0.117 e. The van der Waals surface area contributed by atoms with Crippen LogP contribution in [0.3, 0.4) is 0 Å². The van der Waals surface area contributed by atoms with Crippen LogP contribution in [0.1, 0.15) is 40.3 Å². The third-order valence-corrected chi connectivity index (χ3v) is 3.55. The molecule has 1 atom stereocenters. The Morgan fingerprint density at radius 1 is 1.24 bits per heavy atom. The molecule has 0 saturated heterocycles. The van der Waals surface area contributed by atoms with Crippen LogP contribution in [0.15, 0.2) is 18.2 Å². The molecule has 1 aromatic carbocycles. The Morgan fingerprint density at radius 3 is 2.47 bits per heavy atom. The normalized spacial score (nSPS) is 12.7. The molecule has 0 fully saturated rings. The number of hydrogen-bond donors (Lipinski definition) is 1. The number of aliphatic hydroxyl groups is 1. The molecule has 17 heavy (non-hydrogen) atoms. The standard InChI is InChI=1S/C13H16N2OS/c1-4-11-13(17-15-14-11)12(16)10-6-8(2)5-9(3)7-10/h5-7,12,16H,4H2,1-3H3. The Bertz CT molecular complexity index is 502. The average Bonchev–Trinajstić information content (AvgIpc) is 2.74. The minimum absolute atomic E-state index is 0.608. The van der Waals surface area contributed by atoms with E-state index in [1.165, 1.54) is 11.5 Å². The minimum atomic E-state index is -0.608. The smallest absolute Gasteiger partial charge is 0.117 e. The number of aromatic nitrogens is 2. The van der Waals surface area contributed by atoms with Gasteiger partial charge in [0.15, 0.2) is 0 Å². The summed E-state index contributed by atoms with van der Waals surface area (Å²) >= 11 is 1.28. The summed E-state index contributed by atoms with van der Waals surface area (Å²) in [4.78, 5) is 0.859. The zero-order chi connectivity index (χ0) is 12.4. The third-order valence-electron chi connectivity index (χ3n) is 2.73. The van der Waals surface area contributed by atoms with E-state index in [1.807, 2.05) is 32.9 Å². The second-order valence-electron chi connectivity index (χ2n) is 4.26. The van der Waals surface area contributed by atoms with Gasteiger partial charge in [-0.15, -0.1) is 5.10 Å². The van der Waals surface area contributed by atoms with Gasteiger partial charge in [0.2, 0.25) is 0 Å². The van der Waals surface area contributed by atoms with Gasteiger partial charge in [0.1, 0.15) is 6.10 Å². The summed E-state index contributed by atoms with van der Waals surface area (Å²) in [6, 6.07) is 6.12. The fourth-order valence-electron chi connectivity index (χ4n) is 1.99. The molecule has 0 radical (unpaired) electrons. The highest BCUT2D eigenvalue weighted by atomic mass is 32.1. The number of benzene rings is 1. The molecule has 1 heterocycles. The van der Waals surface area contributed by atoms with E-state index in [0.717, 1.165) is 33.7 Å². The van der Waals surface area contributed by atoms with Crippen LogP contribution in [-0.2, 0) is 6.42 Å². The fourth-order valence-corrected chi connectivity index (χ4v) is 2.74. The van der Waals surface area contributed by atoms with Crippen molar-refractivity contribution < 1.29 is 5.11 Å². The van der Waals surface area contributed by atoms with Gasteiger partial charge in [0.25, 0.3) is 0 Å². The van der Waals surface area contributed by atoms with Crippen molar-refractivity contribution in [1.82, 2.24) is 9.59 Å². The van der Waals surface area contributed by atoms with Crippen LogP contribution >= 0.6 is 11.5 Å². The third kappa shape index (κ3) is 2.53. The van der Waals surface area contributed by atoms with Crippen LogP contribution in [0.25, 0.3) is 0 Å². The van der Waals surface area contributed by atoms with Gasteiger partial charge in [-0.25, -0.2) is 0 Å². The van der Waals surface area contributed by atoms with Gasteiger partial charge in [-0.3, -0.25) is 0 Å². The Labute approximate surface area is 105 Å². The molecule has 1 N–H and O–H groups in total. The van der Waals surface area contributed by atoms with Gasteiger partial charge in [-0.2, -0.15) is 0 Å². The molecule has 90 valence electrons. The molecule has 0 spiro atoms.